The Balaban J connectivity index is 1.95. The molecule has 3 fully saturated rings. The van der Waals surface area contributed by atoms with Crippen LogP contribution in [0.25, 0.3) is 0 Å². The predicted molar refractivity (Wildman–Crippen MR) is 72.0 cm³/mol. The van der Waals surface area contributed by atoms with Crippen molar-refractivity contribution in [2.75, 3.05) is 7.11 Å². The number of hydrogen-bond donors (Lipinski definition) is 1. The molecular formula is C16H26O2. The first-order chi connectivity index (χ1) is 8.55. The van der Waals surface area contributed by atoms with E-state index in [1.807, 2.05) is 0 Å². The van der Waals surface area contributed by atoms with Crippen molar-refractivity contribution in [1.82, 2.24) is 0 Å². The molecule has 0 amide bonds. The Morgan fingerprint density at radius 3 is 2.39 bits per heavy atom. The minimum atomic E-state index is -0.927. The SMILES string of the molecule is C=C1C2CCC(C2(O)OC)C1(C)C1CCCCC1. The van der Waals surface area contributed by atoms with E-state index in [4.69, 9.17) is 4.74 Å². The third kappa shape index (κ3) is 1.36. The van der Waals surface area contributed by atoms with Gasteiger partial charge in [0.2, 0.25) is 0 Å². The normalized spacial score (nSPS) is 48.9. The molecule has 1 N–H and O–H groups in total. The summed E-state index contributed by atoms with van der Waals surface area (Å²) in [5.41, 5.74) is 1.38. The van der Waals surface area contributed by atoms with Gasteiger partial charge in [0.1, 0.15) is 0 Å². The van der Waals surface area contributed by atoms with E-state index in [-0.39, 0.29) is 17.3 Å². The molecule has 4 unspecified atom stereocenters. The molecule has 2 heteroatoms. The molecule has 0 aromatic heterocycles. The van der Waals surface area contributed by atoms with E-state index in [9.17, 15) is 5.11 Å². The Kier molecular flexibility index (Phi) is 2.87. The van der Waals surface area contributed by atoms with E-state index in [1.165, 1.54) is 37.7 Å². The van der Waals surface area contributed by atoms with E-state index in [1.54, 1.807) is 7.11 Å². The molecule has 0 aliphatic heterocycles. The van der Waals surface area contributed by atoms with E-state index in [0.717, 1.165) is 12.8 Å². The topological polar surface area (TPSA) is 29.5 Å². The summed E-state index contributed by atoms with van der Waals surface area (Å²) in [7, 11) is 1.66. The number of aliphatic hydroxyl groups is 1. The van der Waals surface area contributed by atoms with Crippen LogP contribution in [0, 0.1) is 23.2 Å². The number of rotatable bonds is 2. The van der Waals surface area contributed by atoms with Crippen LogP contribution in [0.1, 0.15) is 51.9 Å². The second-order valence-electron chi connectivity index (χ2n) is 6.78. The number of ether oxygens (including phenoxy) is 1. The lowest BCUT2D eigenvalue weighted by molar-refractivity contribution is -0.224. The molecule has 0 saturated heterocycles. The molecular weight excluding hydrogens is 224 g/mol. The van der Waals surface area contributed by atoms with Gasteiger partial charge >= 0.3 is 0 Å². The molecule has 3 rings (SSSR count). The molecule has 2 nitrogen and oxygen atoms in total. The van der Waals surface area contributed by atoms with Gasteiger partial charge in [0, 0.05) is 18.9 Å². The van der Waals surface area contributed by atoms with E-state index >= 15 is 0 Å². The molecule has 3 aliphatic carbocycles. The molecule has 0 heterocycles. The van der Waals surface area contributed by atoms with Gasteiger partial charge in [-0.1, -0.05) is 38.3 Å². The summed E-state index contributed by atoms with van der Waals surface area (Å²) < 4.78 is 5.54. The molecule has 0 radical (unpaired) electrons. The molecule has 4 atom stereocenters. The molecule has 102 valence electrons. The Bertz CT molecular complexity index is 358. The van der Waals surface area contributed by atoms with Gasteiger partial charge in [-0.05, 0) is 37.0 Å². The monoisotopic (exact) mass is 250 g/mol. The Morgan fingerprint density at radius 1 is 1.17 bits per heavy atom. The van der Waals surface area contributed by atoms with Crippen LogP contribution in [0.5, 0.6) is 0 Å². The van der Waals surface area contributed by atoms with Gasteiger partial charge in [0.25, 0.3) is 0 Å². The van der Waals surface area contributed by atoms with Crippen LogP contribution in [0.15, 0.2) is 12.2 Å². The van der Waals surface area contributed by atoms with Gasteiger partial charge < -0.3 is 9.84 Å². The fourth-order valence-corrected chi connectivity index (χ4v) is 5.28. The highest BCUT2D eigenvalue weighted by molar-refractivity contribution is 5.31. The summed E-state index contributed by atoms with van der Waals surface area (Å²) in [6.07, 6.45) is 8.82. The van der Waals surface area contributed by atoms with E-state index in [0.29, 0.717) is 5.92 Å². The van der Waals surface area contributed by atoms with Crippen molar-refractivity contribution in [1.29, 1.82) is 0 Å². The van der Waals surface area contributed by atoms with Gasteiger partial charge in [-0.2, -0.15) is 0 Å². The van der Waals surface area contributed by atoms with Crippen molar-refractivity contribution in [3.63, 3.8) is 0 Å². The van der Waals surface area contributed by atoms with E-state index < -0.39 is 5.79 Å². The summed E-state index contributed by atoms with van der Waals surface area (Å²) in [6, 6.07) is 0. The number of fused-ring (bicyclic) bond motifs is 2. The lowest BCUT2D eigenvalue weighted by atomic mass is 9.60. The first-order valence-electron chi connectivity index (χ1n) is 7.52. The highest BCUT2D eigenvalue weighted by Gasteiger charge is 2.67. The summed E-state index contributed by atoms with van der Waals surface area (Å²) in [5.74, 6) is 0.203. The zero-order valence-corrected chi connectivity index (χ0v) is 11.7. The average Bonchev–Trinajstić information content (AvgIpc) is 2.82. The van der Waals surface area contributed by atoms with Crippen molar-refractivity contribution in [3.8, 4) is 0 Å². The molecule has 0 aromatic carbocycles. The van der Waals surface area contributed by atoms with Gasteiger partial charge in [-0.25, -0.2) is 0 Å². The van der Waals surface area contributed by atoms with Crippen LogP contribution in [0.2, 0.25) is 0 Å². The number of hydrogen-bond acceptors (Lipinski definition) is 2. The minimum Gasteiger partial charge on any atom is -0.365 e. The van der Waals surface area contributed by atoms with Crippen molar-refractivity contribution < 1.29 is 9.84 Å². The third-order valence-corrected chi connectivity index (χ3v) is 6.36. The van der Waals surface area contributed by atoms with Crippen molar-refractivity contribution in [2.45, 2.75) is 57.7 Å². The predicted octanol–water partition coefficient (Wildman–Crippen LogP) is 3.50. The van der Waals surface area contributed by atoms with Crippen LogP contribution in [0.3, 0.4) is 0 Å². The maximum Gasteiger partial charge on any atom is 0.175 e. The Hall–Kier alpha value is -0.340. The van der Waals surface area contributed by atoms with Crippen LogP contribution >= 0.6 is 0 Å². The van der Waals surface area contributed by atoms with Crippen molar-refractivity contribution >= 4 is 0 Å². The lowest BCUT2D eigenvalue weighted by Gasteiger charge is -2.44. The Labute approximate surface area is 110 Å². The maximum absolute atomic E-state index is 10.9. The molecule has 18 heavy (non-hydrogen) atoms. The van der Waals surface area contributed by atoms with Crippen LogP contribution in [-0.4, -0.2) is 18.0 Å². The summed E-state index contributed by atoms with van der Waals surface area (Å²) >= 11 is 0. The smallest absolute Gasteiger partial charge is 0.175 e. The highest BCUT2D eigenvalue weighted by Crippen LogP contribution is 2.68. The fraction of sp³-hybridized carbons (Fsp3) is 0.875. The van der Waals surface area contributed by atoms with Gasteiger partial charge in [0.05, 0.1) is 0 Å². The first kappa shape index (κ1) is 12.7. The van der Waals surface area contributed by atoms with Gasteiger partial charge in [-0.3, -0.25) is 0 Å². The van der Waals surface area contributed by atoms with E-state index in [2.05, 4.69) is 13.5 Å². The molecule has 0 spiro atoms. The largest absolute Gasteiger partial charge is 0.365 e. The van der Waals surface area contributed by atoms with Crippen molar-refractivity contribution in [3.05, 3.63) is 12.2 Å². The second kappa shape index (κ2) is 4.08. The minimum absolute atomic E-state index is 0.105. The molecule has 3 aliphatic rings. The lowest BCUT2D eigenvalue weighted by Crippen LogP contribution is -2.42. The first-order valence-corrected chi connectivity index (χ1v) is 7.52. The van der Waals surface area contributed by atoms with Gasteiger partial charge in [0.15, 0.2) is 5.79 Å². The summed E-state index contributed by atoms with van der Waals surface area (Å²) in [6.45, 7) is 6.72. The molecule has 0 aromatic rings. The summed E-state index contributed by atoms with van der Waals surface area (Å²) in [5, 5.41) is 10.9. The quantitative estimate of drug-likeness (QED) is 0.600. The fourth-order valence-electron chi connectivity index (χ4n) is 5.28. The molecule has 2 bridgehead atoms. The number of methoxy groups -OCH3 is 1. The third-order valence-electron chi connectivity index (χ3n) is 6.36. The van der Waals surface area contributed by atoms with Gasteiger partial charge in [-0.15, -0.1) is 0 Å². The summed E-state index contributed by atoms with van der Waals surface area (Å²) in [4.78, 5) is 0. The van der Waals surface area contributed by atoms with Crippen LogP contribution in [0.4, 0.5) is 0 Å². The second-order valence-corrected chi connectivity index (χ2v) is 6.78. The van der Waals surface area contributed by atoms with Crippen molar-refractivity contribution in [2.24, 2.45) is 23.2 Å². The Morgan fingerprint density at radius 2 is 1.83 bits per heavy atom. The van der Waals surface area contributed by atoms with Crippen LogP contribution in [-0.2, 0) is 4.74 Å². The maximum atomic E-state index is 10.9. The standard InChI is InChI=1S/C16H26O2/c1-11-13-9-10-14(16(13,17)18-3)15(11,2)12-7-5-4-6-8-12/h12-14,17H,1,4-10H2,2-3H3. The molecule has 3 saturated carbocycles. The average molecular weight is 250 g/mol. The zero-order valence-electron chi connectivity index (χ0n) is 11.7. The van der Waals surface area contributed by atoms with Crippen LogP contribution < -0.4 is 0 Å². The zero-order chi connectivity index (χ0) is 13.0. The highest BCUT2D eigenvalue weighted by atomic mass is 16.6.